The second-order valence-corrected chi connectivity index (χ2v) is 4.51. The minimum Gasteiger partial charge on any atom is -0.436 e. The van der Waals surface area contributed by atoms with E-state index in [1.54, 1.807) is 24.4 Å². The van der Waals surface area contributed by atoms with E-state index in [4.69, 9.17) is 15.7 Å². The largest absolute Gasteiger partial charge is 0.436 e. The average Bonchev–Trinajstić information content (AvgIpc) is 2.37. The lowest BCUT2D eigenvalue weighted by Crippen LogP contribution is -1.95. The van der Waals surface area contributed by atoms with Gasteiger partial charge in [-0.2, -0.15) is 5.26 Å². The second-order valence-electron chi connectivity index (χ2n) is 3.71. The van der Waals surface area contributed by atoms with Gasteiger partial charge in [0.1, 0.15) is 0 Å². The van der Waals surface area contributed by atoms with Gasteiger partial charge in [-0.25, -0.2) is 4.98 Å². The number of rotatable bonds is 2. The summed E-state index contributed by atoms with van der Waals surface area (Å²) in [5.41, 5.74) is 7.74. The van der Waals surface area contributed by atoms with Gasteiger partial charge >= 0.3 is 0 Å². The maximum absolute atomic E-state index is 8.76. The molecule has 1 aromatic carbocycles. The van der Waals surface area contributed by atoms with Crippen molar-refractivity contribution in [1.29, 1.82) is 5.26 Å². The number of nitrogens with zero attached hydrogens (tertiary/aromatic N) is 2. The molecule has 0 aliphatic heterocycles. The van der Waals surface area contributed by atoms with E-state index in [0.717, 1.165) is 10.0 Å². The lowest BCUT2D eigenvalue weighted by Gasteiger charge is -2.10. The number of ether oxygens (including phenoxy) is 1. The number of aromatic nitrogens is 1. The molecule has 0 radical (unpaired) electrons. The first kappa shape index (κ1) is 12.4. The quantitative estimate of drug-likeness (QED) is 0.863. The first-order valence-corrected chi connectivity index (χ1v) is 5.99. The number of aryl methyl sites for hydroxylation is 1. The summed E-state index contributed by atoms with van der Waals surface area (Å²) in [5.74, 6) is 0.930. The van der Waals surface area contributed by atoms with E-state index < -0.39 is 0 Å². The number of nitrogen functional groups attached to an aromatic ring is 1. The molecule has 90 valence electrons. The number of nitrogens with two attached hydrogens (primary N) is 1. The highest BCUT2D eigenvalue weighted by Crippen LogP contribution is 2.32. The third-order valence-electron chi connectivity index (χ3n) is 2.40. The van der Waals surface area contributed by atoms with Gasteiger partial charge in [0, 0.05) is 6.20 Å². The number of nitriles is 1. The van der Waals surface area contributed by atoms with Crippen molar-refractivity contribution in [2.45, 2.75) is 6.92 Å². The van der Waals surface area contributed by atoms with E-state index in [0.29, 0.717) is 22.9 Å². The predicted molar refractivity (Wildman–Crippen MR) is 72.3 cm³/mol. The Kier molecular flexibility index (Phi) is 3.49. The standard InChI is InChI=1S/C13H10BrN3O/c1-8-4-5-17-13(12(8)14)18-11-3-2-9(7-15)6-10(11)16/h2-6H,16H2,1H3. The van der Waals surface area contributed by atoms with Crippen LogP contribution in [0, 0.1) is 18.3 Å². The predicted octanol–water partition coefficient (Wildman–Crippen LogP) is 3.40. The maximum Gasteiger partial charge on any atom is 0.233 e. The molecule has 0 amide bonds. The molecule has 0 saturated carbocycles. The molecule has 2 rings (SSSR count). The van der Waals surface area contributed by atoms with E-state index in [2.05, 4.69) is 20.9 Å². The smallest absolute Gasteiger partial charge is 0.233 e. The molecule has 0 fully saturated rings. The van der Waals surface area contributed by atoms with Gasteiger partial charge < -0.3 is 10.5 Å². The molecule has 0 unspecified atom stereocenters. The Morgan fingerprint density at radius 1 is 1.39 bits per heavy atom. The van der Waals surface area contributed by atoms with Crippen LogP contribution in [0.1, 0.15) is 11.1 Å². The molecule has 1 aromatic heterocycles. The highest BCUT2D eigenvalue weighted by Gasteiger charge is 2.09. The van der Waals surface area contributed by atoms with E-state index in [1.165, 1.54) is 0 Å². The van der Waals surface area contributed by atoms with Gasteiger partial charge in [-0.15, -0.1) is 0 Å². The number of anilines is 1. The number of hydrogen-bond acceptors (Lipinski definition) is 4. The van der Waals surface area contributed by atoms with Gasteiger partial charge in [0.15, 0.2) is 5.75 Å². The van der Waals surface area contributed by atoms with Crippen LogP contribution >= 0.6 is 15.9 Å². The Labute approximate surface area is 113 Å². The fourth-order valence-corrected chi connectivity index (χ4v) is 1.72. The Balaban J connectivity index is 2.35. The lowest BCUT2D eigenvalue weighted by molar-refractivity contribution is 0.461. The van der Waals surface area contributed by atoms with Crippen LogP contribution in [0.3, 0.4) is 0 Å². The highest BCUT2D eigenvalue weighted by atomic mass is 79.9. The first-order chi connectivity index (χ1) is 8.61. The zero-order valence-corrected chi connectivity index (χ0v) is 11.2. The van der Waals surface area contributed by atoms with Crippen LogP contribution in [-0.2, 0) is 0 Å². The third-order valence-corrected chi connectivity index (χ3v) is 3.36. The van der Waals surface area contributed by atoms with Crippen LogP contribution < -0.4 is 10.5 Å². The topological polar surface area (TPSA) is 71.9 Å². The van der Waals surface area contributed by atoms with Crippen molar-refractivity contribution < 1.29 is 4.74 Å². The van der Waals surface area contributed by atoms with Crippen molar-refractivity contribution in [2.24, 2.45) is 0 Å². The Hall–Kier alpha value is -2.06. The molecule has 2 N–H and O–H groups in total. The molecule has 1 heterocycles. The van der Waals surface area contributed by atoms with E-state index in [1.807, 2.05) is 19.1 Å². The highest BCUT2D eigenvalue weighted by molar-refractivity contribution is 9.10. The Bertz CT molecular complexity index is 635. The fourth-order valence-electron chi connectivity index (χ4n) is 1.40. The molecule has 0 saturated heterocycles. The molecule has 0 atom stereocenters. The normalized spacial score (nSPS) is 9.83. The van der Waals surface area contributed by atoms with E-state index >= 15 is 0 Å². The fraction of sp³-hybridized carbons (Fsp3) is 0.0769. The number of pyridine rings is 1. The van der Waals surface area contributed by atoms with Crippen LogP contribution in [0.15, 0.2) is 34.9 Å². The summed E-state index contributed by atoms with van der Waals surface area (Å²) in [6.07, 6.45) is 1.66. The zero-order chi connectivity index (χ0) is 13.1. The van der Waals surface area contributed by atoms with Gasteiger partial charge in [-0.05, 0) is 52.7 Å². The molecule has 18 heavy (non-hydrogen) atoms. The number of benzene rings is 1. The summed E-state index contributed by atoms with van der Waals surface area (Å²) >= 11 is 3.41. The van der Waals surface area contributed by atoms with Crippen LogP contribution in [0.4, 0.5) is 5.69 Å². The molecule has 4 nitrogen and oxygen atoms in total. The summed E-state index contributed by atoms with van der Waals surface area (Å²) in [6.45, 7) is 1.95. The van der Waals surface area contributed by atoms with Crippen molar-refractivity contribution in [2.75, 3.05) is 5.73 Å². The van der Waals surface area contributed by atoms with E-state index in [9.17, 15) is 0 Å². The average molecular weight is 304 g/mol. The molecule has 0 aliphatic carbocycles. The molecule has 0 spiro atoms. The SMILES string of the molecule is Cc1ccnc(Oc2ccc(C#N)cc2N)c1Br. The van der Waals surface area contributed by atoms with Crippen molar-refractivity contribution >= 4 is 21.6 Å². The molecular formula is C13H10BrN3O. The van der Waals surface area contributed by atoms with Crippen LogP contribution in [0.5, 0.6) is 11.6 Å². The monoisotopic (exact) mass is 303 g/mol. The number of halogens is 1. The van der Waals surface area contributed by atoms with Gasteiger partial charge in [-0.1, -0.05) is 0 Å². The minimum atomic E-state index is 0.407. The van der Waals surface area contributed by atoms with Crippen molar-refractivity contribution in [3.63, 3.8) is 0 Å². The van der Waals surface area contributed by atoms with Gasteiger partial charge in [0.05, 0.1) is 21.8 Å². The van der Waals surface area contributed by atoms with Crippen molar-refractivity contribution in [3.8, 4) is 17.7 Å². The summed E-state index contributed by atoms with van der Waals surface area (Å²) in [4.78, 5) is 4.13. The van der Waals surface area contributed by atoms with Gasteiger partial charge in [0.25, 0.3) is 0 Å². The third kappa shape index (κ3) is 2.44. The summed E-state index contributed by atoms with van der Waals surface area (Å²) in [7, 11) is 0. The van der Waals surface area contributed by atoms with Crippen LogP contribution in [0.2, 0.25) is 0 Å². The molecule has 0 aliphatic rings. The minimum absolute atomic E-state index is 0.407. The first-order valence-electron chi connectivity index (χ1n) is 5.20. The summed E-state index contributed by atoms with van der Waals surface area (Å²) in [5, 5.41) is 8.76. The maximum atomic E-state index is 8.76. The van der Waals surface area contributed by atoms with Crippen molar-refractivity contribution in [3.05, 3.63) is 46.1 Å². The Morgan fingerprint density at radius 3 is 2.83 bits per heavy atom. The molecular weight excluding hydrogens is 294 g/mol. The molecule has 0 bridgehead atoms. The molecule has 2 aromatic rings. The summed E-state index contributed by atoms with van der Waals surface area (Å²) < 4.78 is 6.41. The number of hydrogen-bond donors (Lipinski definition) is 1. The second kappa shape index (κ2) is 5.07. The van der Waals surface area contributed by atoms with Crippen molar-refractivity contribution in [1.82, 2.24) is 4.98 Å². The molecule has 5 heteroatoms. The van der Waals surface area contributed by atoms with E-state index in [-0.39, 0.29) is 0 Å². The Morgan fingerprint density at radius 2 is 2.17 bits per heavy atom. The summed E-state index contributed by atoms with van der Waals surface area (Å²) in [6, 6.07) is 8.77. The van der Waals surface area contributed by atoms with Crippen LogP contribution in [-0.4, -0.2) is 4.98 Å². The van der Waals surface area contributed by atoms with Gasteiger partial charge in [0.2, 0.25) is 5.88 Å². The van der Waals surface area contributed by atoms with Gasteiger partial charge in [-0.3, -0.25) is 0 Å². The zero-order valence-electron chi connectivity index (χ0n) is 9.64. The lowest BCUT2D eigenvalue weighted by atomic mass is 10.2. The van der Waals surface area contributed by atoms with Crippen LogP contribution in [0.25, 0.3) is 0 Å².